The minimum Gasteiger partial charge on any atom is -0.411 e. The van der Waals surface area contributed by atoms with E-state index in [-0.39, 0.29) is 5.75 Å². The van der Waals surface area contributed by atoms with E-state index in [9.17, 15) is 8.42 Å². The summed E-state index contributed by atoms with van der Waals surface area (Å²) in [6, 6.07) is 7.19. The summed E-state index contributed by atoms with van der Waals surface area (Å²) in [5, 5.41) is 12.3. The molecule has 1 aromatic rings. The third kappa shape index (κ3) is 2.32. The Morgan fingerprint density at radius 2 is 2.05 bits per heavy atom. The third-order valence-electron chi connectivity index (χ3n) is 3.64. The number of nitrogens with zero attached hydrogens (tertiary/aromatic N) is 2. The monoisotopic (exact) mass is 280 g/mol. The number of hydrogen-bond acceptors (Lipinski definition) is 4. The summed E-state index contributed by atoms with van der Waals surface area (Å²) in [5.41, 5.74) is 1.88. The van der Waals surface area contributed by atoms with Gasteiger partial charge in [0.2, 0.25) is 10.0 Å². The summed E-state index contributed by atoms with van der Waals surface area (Å²) in [6.07, 6.45) is 2.47. The van der Waals surface area contributed by atoms with Gasteiger partial charge in [0.1, 0.15) is 0 Å². The number of oxime groups is 1. The van der Waals surface area contributed by atoms with E-state index in [0.29, 0.717) is 35.8 Å². The number of benzene rings is 1. The van der Waals surface area contributed by atoms with E-state index in [2.05, 4.69) is 5.16 Å². The van der Waals surface area contributed by atoms with Gasteiger partial charge in [-0.15, -0.1) is 0 Å². The highest BCUT2D eigenvalue weighted by Gasteiger charge is 2.35. The maximum atomic E-state index is 12.4. The molecule has 0 spiro atoms. The Hall–Kier alpha value is -1.56. The van der Waals surface area contributed by atoms with Gasteiger partial charge in [0.25, 0.3) is 0 Å². The maximum Gasteiger partial charge on any atom is 0.235 e. The van der Waals surface area contributed by atoms with E-state index in [0.717, 1.165) is 12.8 Å². The van der Waals surface area contributed by atoms with Crippen LogP contribution in [-0.2, 0) is 10.0 Å². The van der Waals surface area contributed by atoms with Crippen molar-refractivity contribution in [1.29, 1.82) is 0 Å². The minimum absolute atomic E-state index is 0.229. The van der Waals surface area contributed by atoms with E-state index in [1.54, 1.807) is 18.2 Å². The average Bonchev–Trinajstić information content (AvgIpc) is 3.20. The third-order valence-corrected chi connectivity index (χ3v) is 5.58. The lowest BCUT2D eigenvalue weighted by molar-refractivity contribution is 0.318. The van der Waals surface area contributed by atoms with Crippen molar-refractivity contribution in [1.82, 2.24) is 0 Å². The summed E-state index contributed by atoms with van der Waals surface area (Å²) in [7, 11) is -3.27. The van der Waals surface area contributed by atoms with Gasteiger partial charge >= 0.3 is 0 Å². The Labute approximate surface area is 112 Å². The zero-order valence-electron chi connectivity index (χ0n) is 10.5. The van der Waals surface area contributed by atoms with Crippen molar-refractivity contribution in [3.8, 4) is 0 Å². The Balaban J connectivity index is 2.00. The van der Waals surface area contributed by atoms with Crippen molar-refractivity contribution in [2.45, 2.75) is 19.3 Å². The van der Waals surface area contributed by atoms with Crippen LogP contribution in [0.5, 0.6) is 0 Å². The molecule has 5 nitrogen and oxygen atoms in total. The smallest absolute Gasteiger partial charge is 0.235 e. The lowest BCUT2D eigenvalue weighted by Crippen LogP contribution is -2.39. The Bertz CT molecular complexity index is 621. The fraction of sp³-hybridized carbons (Fsp3) is 0.462. The first-order valence-electron chi connectivity index (χ1n) is 6.42. The van der Waals surface area contributed by atoms with E-state index in [4.69, 9.17) is 5.21 Å². The molecule has 1 aliphatic carbocycles. The van der Waals surface area contributed by atoms with Crippen molar-refractivity contribution in [3.05, 3.63) is 29.8 Å². The molecule has 0 unspecified atom stereocenters. The summed E-state index contributed by atoms with van der Waals surface area (Å²) in [5.74, 6) is 0.553. The van der Waals surface area contributed by atoms with E-state index < -0.39 is 10.0 Å². The van der Waals surface area contributed by atoms with Crippen LogP contribution in [0.1, 0.15) is 24.8 Å². The average molecular weight is 280 g/mol. The minimum atomic E-state index is -3.27. The predicted molar refractivity (Wildman–Crippen MR) is 73.2 cm³/mol. The van der Waals surface area contributed by atoms with Crippen molar-refractivity contribution < 1.29 is 13.6 Å². The van der Waals surface area contributed by atoms with Crippen LogP contribution in [-0.4, -0.2) is 31.6 Å². The van der Waals surface area contributed by atoms with Crippen LogP contribution in [0.4, 0.5) is 5.69 Å². The van der Waals surface area contributed by atoms with Gasteiger partial charge in [0, 0.05) is 18.5 Å². The number of anilines is 1. The largest absolute Gasteiger partial charge is 0.411 e. The number of para-hydroxylation sites is 1. The zero-order chi connectivity index (χ0) is 13.5. The van der Waals surface area contributed by atoms with Crippen LogP contribution in [0.25, 0.3) is 0 Å². The molecule has 102 valence electrons. The molecule has 2 aliphatic rings. The zero-order valence-corrected chi connectivity index (χ0v) is 11.3. The van der Waals surface area contributed by atoms with Crippen molar-refractivity contribution in [2.24, 2.45) is 11.1 Å². The molecule has 1 heterocycles. The van der Waals surface area contributed by atoms with E-state index >= 15 is 0 Å². The Morgan fingerprint density at radius 1 is 1.32 bits per heavy atom. The number of fused-ring (bicyclic) bond motifs is 1. The highest BCUT2D eigenvalue weighted by molar-refractivity contribution is 7.92. The van der Waals surface area contributed by atoms with Gasteiger partial charge in [-0.3, -0.25) is 4.31 Å². The molecule has 1 N–H and O–H groups in total. The van der Waals surface area contributed by atoms with Crippen LogP contribution >= 0.6 is 0 Å². The molecule has 0 aromatic heterocycles. The van der Waals surface area contributed by atoms with Gasteiger partial charge in [-0.2, -0.15) is 0 Å². The molecule has 3 rings (SSSR count). The van der Waals surface area contributed by atoms with Crippen LogP contribution < -0.4 is 4.31 Å². The first kappa shape index (κ1) is 12.5. The number of sulfonamides is 1. The first-order valence-corrected chi connectivity index (χ1v) is 8.03. The summed E-state index contributed by atoms with van der Waals surface area (Å²) in [6.45, 7) is 0.353. The van der Waals surface area contributed by atoms with Gasteiger partial charge in [0.15, 0.2) is 0 Å². The van der Waals surface area contributed by atoms with Crippen LogP contribution in [0.2, 0.25) is 0 Å². The second-order valence-electron chi connectivity index (χ2n) is 5.11. The second kappa shape index (κ2) is 4.52. The van der Waals surface area contributed by atoms with Gasteiger partial charge in [0.05, 0.1) is 17.2 Å². The number of hydrogen-bond donors (Lipinski definition) is 1. The maximum absolute atomic E-state index is 12.4. The Morgan fingerprint density at radius 3 is 2.74 bits per heavy atom. The first-order chi connectivity index (χ1) is 9.12. The molecule has 0 bridgehead atoms. The molecule has 1 aromatic carbocycles. The molecule has 1 fully saturated rings. The van der Waals surface area contributed by atoms with Crippen LogP contribution in [0.15, 0.2) is 29.4 Å². The highest BCUT2D eigenvalue weighted by Crippen LogP contribution is 2.35. The molecular formula is C13H16N2O3S. The standard InChI is InChI=1S/C13H16N2O3S/c16-14-12-7-8-15(13-4-2-1-3-11(12)13)19(17,18)9-10-5-6-10/h1-4,10,16H,5-9H2. The predicted octanol–water partition coefficient (Wildman–Crippen LogP) is 1.81. The Kier molecular flexibility index (Phi) is 2.97. The fourth-order valence-electron chi connectivity index (χ4n) is 2.46. The molecule has 0 saturated heterocycles. The summed E-state index contributed by atoms with van der Waals surface area (Å²) in [4.78, 5) is 0. The summed E-state index contributed by atoms with van der Waals surface area (Å²) >= 11 is 0. The van der Waals surface area contributed by atoms with E-state index in [1.807, 2.05) is 6.07 Å². The lowest BCUT2D eigenvalue weighted by atomic mass is 10.0. The number of rotatable bonds is 3. The van der Waals surface area contributed by atoms with Crippen LogP contribution in [0.3, 0.4) is 0 Å². The van der Waals surface area contributed by atoms with E-state index in [1.165, 1.54) is 4.31 Å². The van der Waals surface area contributed by atoms with Crippen molar-refractivity contribution >= 4 is 21.4 Å². The molecule has 0 radical (unpaired) electrons. The molecular weight excluding hydrogens is 264 g/mol. The van der Waals surface area contributed by atoms with Gasteiger partial charge in [-0.1, -0.05) is 23.4 Å². The SMILES string of the molecule is O=S(=O)(CC1CC1)N1CCC(=NO)c2ccccc21. The molecule has 1 aliphatic heterocycles. The molecule has 0 amide bonds. The molecule has 19 heavy (non-hydrogen) atoms. The summed E-state index contributed by atoms with van der Waals surface area (Å²) < 4.78 is 26.3. The normalized spacial score (nSPS) is 21.5. The van der Waals surface area contributed by atoms with Crippen LogP contribution in [0, 0.1) is 5.92 Å². The second-order valence-corrected chi connectivity index (χ2v) is 7.05. The molecule has 6 heteroatoms. The van der Waals surface area contributed by atoms with Crippen molar-refractivity contribution in [2.75, 3.05) is 16.6 Å². The fourth-order valence-corrected chi connectivity index (χ4v) is 4.40. The molecule has 0 atom stereocenters. The topological polar surface area (TPSA) is 70.0 Å². The quantitative estimate of drug-likeness (QED) is 0.678. The molecule has 1 saturated carbocycles. The lowest BCUT2D eigenvalue weighted by Gasteiger charge is -2.30. The highest BCUT2D eigenvalue weighted by atomic mass is 32.2. The van der Waals surface area contributed by atoms with Gasteiger partial charge < -0.3 is 5.21 Å². The van der Waals surface area contributed by atoms with Gasteiger partial charge in [-0.05, 0) is 24.8 Å². The van der Waals surface area contributed by atoms with Crippen molar-refractivity contribution in [3.63, 3.8) is 0 Å². The van der Waals surface area contributed by atoms with Gasteiger partial charge in [-0.25, -0.2) is 8.42 Å².